The van der Waals surface area contributed by atoms with Gasteiger partial charge in [0, 0.05) is 11.7 Å². The molecule has 3 heteroatoms. The Kier molecular flexibility index (Phi) is 3.58. The molecule has 1 unspecified atom stereocenters. The number of para-hydroxylation sites is 1. The molecule has 3 N–H and O–H groups in total. The van der Waals surface area contributed by atoms with Gasteiger partial charge in [-0.2, -0.15) is 0 Å². The number of rotatable bonds is 2. The average molecular weight is 220 g/mol. The van der Waals surface area contributed by atoms with Gasteiger partial charge in [0.2, 0.25) is 0 Å². The van der Waals surface area contributed by atoms with Gasteiger partial charge in [-0.3, -0.25) is 4.79 Å². The first-order chi connectivity index (χ1) is 7.32. The first kappa shape index (κ1) is 12.6. The van der Waals surface area contributed by atoms with Crippen LogP contribution < -0.4 is 11.1 Å². The van der Waals surface area contributed by atoms with Gasteiger partial charge in [-0.05, 0) is 24.5 Å². The minimum atomic E-state index is -0.111. The normalized spacial score (nSPS) is 13.2. The van der Waals surface area contributed by atoms with Crippen molar-refractivity contribution in [3.8, 4) is 0 Å². The number of hydrogen-bond donors (Lipinski definition) is 2. The van der Waals surface area contributed by atoms with Gasteiger partial charge < -0.3 is 11.1 Å². The molecule has 0 saturated heterocycles. The molecule has 0 heterocycles. The molecule has 0 spiro atoms. The molecule has 1 atom stereocenters. The van der Waals surface area contributed by atoms with Gasteiger partial charge in [0.1, 0.15) is 0 Å². The Hall–Kier alpha value is -1.51. The summed E-state index contributed by atoms with van der Waals surface area (Å²) >= 11 is 0. The van der Waals surface area contributed by atoms with E-state index in [9.17, 15) is 4.79 Å². The molecular weight excluding hydrogens is 200 g/mol. The van der Waals surface area contributed by atoms with E-state index >= 15 is 0 Å². The van der Waals surface area contributed by atoms with Gasteiger partial charge in [0.05, 0.1) is 5.56 Å². The van der Waals surface area contributed by atoms with Crippen LogP contribution in [0.5, 0.6) is 0 Å². The summed E-state index contributed by atoms with van der Waals surface area (Å²) in [7, 11) is 0. The fraction of sp³-hybridized carbons (Fsp3) is 0.462. The zero-order chi connectivity index (χ0) is 12.3. The largest absolute Gasteiger partial charge is 0.398 e. The van der Waals surface area contributed by atoms with Crippen molar-refractivity contribution in [1.29, 1.82) is 0 Å². The minimum Gasteiger partial charge on any atom is -0.398 e. The summed E-state index contributed by atoms with van der Waals surface area (Å²) in [5.41, 5.74) is 6.84. The molecule has 0 aliphatic heterocycles. The maximum absolute atomic E-state index is 11.9. The monoisotopic (exact) mass is 220 g/mol. The maximum Gasteiger partial charge on any atom is 0.253 e. The van der Waals surface area contributed by atoms with E-state index in [4.69, 9.17) is 5.73 Å². The second-order valence-electron chi connectivity index (χ2n) is 5.15. The highest BCUT2D eigenvalue weighted by atomic mass is 16.1. The van der Waals surface area contributed by atoms with E-state index in [1.54, 1.807) is 12.1 Å². The second-order valence-corrected chi connectivity index (χ2v) is 5.15. The molecule has 1 aromatic rings. The van der Waals surface area contributed by atoms with Gasteiger partial charge in [0.15, 0.2) is 0 Å². The van der Waals surface area contributed by atoms with E-state index in [-0.39, 0.29) is 17.4 Å². The van der Waals surface area contributed by atoms with Crippen molar-refractivity contribution in [3.05, 3.63) is 29.8 Å². The molecule has 0 aliphatic rings. The summed E-state index contributed by atoms with van der Waals surface area (Å²) in [5.74, 6) is -0.111. The molecule has 1 amide bonds. The van der Waals surface area contributed by atoms with E-state index in [1.165, 1.54) is 0 Å². The van der Waals surface area contributed by atoms with Crippen molar-refractivity contribution in [1.82, 2.24) is 5.32 Å². The lowest BCUT2D eigenvalue weighted by Gasteiger charge is -2.28. The van der Waals surface area contributed by atoms with Gasteiger partial charge in [-0.1, -0.05) is 32.9 Å². The Morgan fingerprint density at radius 3 is 2.38 bits per heavy atom. The third kappa shape index (κ3) is 2.99. The van der Waals surface area contributed by atoms with Crippen LogP contribution in [-0.2, 0) is 0 Å². The van der Waals surface area contributed by atoms with Crippen LogP contribution in [0.1, 0.15) is 38.1 Å². The summed E-state index contributed by atoms with van der Waals surface area (Å²) in [4.78, 5) is 11.9. The highest BCUT2D eigenvalue weighted by Crippen LogP contribution is 2.19. The van der Waals surface area contributed by atoms with Crippen molar-refractivity contribution in [2.75, 3.05) is 5.73 Å². The second kappa shape index (κ2) is 4.56. The van der Waals surface area contributed by atoms with Crippen LogP contribution in [0, 0.1) is 5.41 Å². The Morgan fingerprint density at radius 2 is 1.88 bits per heavy atom. The summed E-state index contributed by atoms with van der Waals surface area (Å²) in [6, 6.07) is 7.20. The molecule has 0 radical (unpaired) electrons. The van der Waals surface area contributed by atoms with Crippen molar-refractivity contribution in [3.63, 3.8) is 0 Å². The van der Waals surface area contributed by atoms with E-state index in [0.29, 0.717) is 11.3 Å². The lowest BCUT2D eigenvalue weighted by atomic mass is 9.88. The standard InChI is InChI=1S/C13H20N2O/c1-9(13(2,3)4)15-12(16)10-7-5-6-8-11(10)14/h5-9H,14H2,1-4H3,(H,15,16). The molecule has 16 heavy (non-hydrogen) atoms. The molecule has 1 aromatic carbocycles. The van der Waals surface area contributed by atoms with Crippen LogP contribution >= 0.6 is 0 Å². The van der Waals surface area contributed by atoms with Crippen molar-refractivity contribution >= 4 is 11.6 Å². The summed E-state index contributed by atoms with van der Waals surface area (Å²) in [5, 5.41) is 2.96. The van der Waals surface area contributed by atoms with Crippen molar-refractivity contribution in [2.45, 2.75) is 33.7 Å². The molecule has 0 saturated carbocycles. The van der Waals surface area contributed by atoms with E-state index in [1.807, 2.05) is 19.1 Å². The minimum absolute atomic E-state index is 0.0409. The topological polar surface area (TPSA) is 55.1 Å². The molecule has 3 nitrogen and oxygen atoms in total. The molecule has 0 bridgehead atoms. The summed E-state index contributed by atoms with van der Waals surface area (Å²) in [6.07, 6.45) is 0. The maximum atomic E-state index is 11.9. The molecule has 1 rings (SSSR count). The molecule has 0 aromatic heterocycles. The van der Waals surface area contributed by atoms with E-state index < -0.39 is 0 Å². The van der Waals surface area contributed by atoms with E-state index in [0.717, 1.165) is 0 Å². The Bertz CT molecular complexity index is 380. The highest BCUT2D eigenvalue weighted by molar-refractivity contribution is 5.99. The third-order valence-corrected chi connectivity index (χ3v) is 2.85. The Labute approximate surface area is 97.0 Å². The van der Waals surface area contributed by atoms with Crippen LogP contribution in [0.25, 0.3) is 0 Å². The number of hydrogen-bond acceptors (Lipinski definition) is 2. The SMILES string of the molecule is CC(NC(=O)c1ccccc1N)C(C)(C)C. The number of amides is 1. The number of nitrogen functional groups attached to an aromatic ring is 1. The van der Waals surface area contributed by atoms with Crippen LogP contribution in [0.4, 0.5) is 5.69 Å². The number of benzene rings is 1. The first-order valence-corrected chi connectivity index (χ1v) is 5.47. The third-order valence-electron chi connectivity index (χ3n) is 2.85. The Balaban J connectivity index is 2.78. The fourth-order valence-corrected chi connectivity index (χ4v) is 1.19. The van der Waals surface area contributed by atoms with Crippen molar-refractivity contribution in [2.24, 2.45) is 5.41 Å². The predicted octanol–water partition coefficient (Wildman–Crippen LogP) is 2.43. The first-order valence-electron chi connectivity index (χ1n) is 5.47. The quantitative estimate of drug-likeness (QED) is 0.752. The smallest absolute Gasteiger partial charge is 0.253 e. The summed E-state index contributed by atoms with van der Waals surface area (Å²) in [6.45, 7) is 8.27. The lowest BCUT2D eigenvalue weighted by Crippen LogP contribution is -2.41. The molecular formula is C13H20N2O. The predicted molar refractivity (Wildman–Crippen MR) is 67.2 cm³/mol. The lowest BCUT2D eigenvalue weighted by molar-refractivity contribution is 0.0911. The average Bonchev–Trinajstić information content (AvgIpc) is 2.16. The molecule has 0 fully saturated rings. The number of carbonyl (C=O) groups is 1. The fourth-order valence-electron chi connectivity index (χ4n) is 1.19. The molecule has 0 aliphatic carbocycles. The van der Waals surface area contributed by atoms with Crippen LogP contribution in [0.3, 0.4) is 0 Å². The van der Waals surface area contributed by atoms with E-state index in [2.05, 4.69) is 26.1 Å². The number of nitrogens with two attached hydrogens (primary N) is 1. The summed E-state index contributed by atoms with van der Waals surface area (Å²) < 4.78 is 0. The number of anilines is 1. The Morgan fingerprint density at radius 1 is 1.31 bits per heavy atom. The van der Waals surface area contributed by atoms with Gasteiger partial charge in [0.25, 0.3) is 5.91 Å². The van der Waals surface area contributed by atoms with Gasteiger partial charge in [-0.25, -0.2) is 0 Å². The van der Waals surface area contributed by atoms with Crippen LogP contribution in [-0.4, -0.2) is 11.9 Å². The molecule has 88 valence electrons. The van der Waals surface area contributed by atoms with Crippen molar-refractivity contribution < 1.29 is 4.79 Å². The van der Waals surface area contributed by atoms with Crippen LogP contribution in [0.15, 0.2) is 24.3 Å². The highest BCUT2D eigenvalue weighted by Gasteiger charge is 2.22. The zero-order valence-corrected chi connectivity index (χ0v) is 10.4. The number of carbonyl (C=O) groups excluding carboxylic acids is 1. The zero-order valence-electron chi connectivity index (χ0n) is 10.4. The number of nitrogens with one attached hydrogen (secondary N) is 1. The van der Waals surface area contributed by atoms with Crippen LogP contribution in [0.2, 0.25) is 0 Å². The van der Waals surface area contributed by atoms with Gasteiger partial charge in [-0.15, -0.1) is 0 Å². The van der Waals surface area contributed by atoms with Gasteiger partial charge >= 0.3 is 0 Å².